The zero-order valence-corrected chi connectivity index (χ0v) is 14.4. The third-order valence-corrected chi connectivity index (χ3v) is 4.20. The van der Waals surface area contributed by atoms with Crippen molar-refractivity contribution in [3.8, 4) is 0 Å². The number of nitrogens with zero attached hydrogens (tertiary/aromatic N) is 1. The predicted molar refractivity (Wildman–Crippen MR) is 92.1 cm³/mol. The Hall–Kier alpha value is -2.41. The van der Waals surface area contributed by atoms with Gasteiger partial charge in [-0.15, -0.1) is 0 Å². The Balaban J connectivity index is 1.98. The second-order valence-corrected chi connectivity index (χ2v) is 5.91. The topological polar surface area (TPSA) is 95.9 Å². The van der Waals surface area contributed by atoms with Crippen LogP contribution in [0.25, 0.3) is 0 Å². The number of aliphatic hydroxyl groups is 1. The highest BCUT2D eigenvalue weighted by molar-refractivity contribution is 6.39. The van der Waals surface area contributed by atoms with Crippen LogP contribution in [-0.4, -0.2) is 53.6 Å². The summed E-state index contributed by atoms with van der Waals surface area (Å²) in [5.41, 5.74) is 0.812. The van der Waals surface area contributed by atoms with E-state index in [1.54, 1.807) is 24.0 Å². The van der Waals surface area contributed by atoms with Gasteiger partial charge in [-0.05, 0) is 56.9 Å². The molecule has 2 rings (SSSR count). The Labute approximate surface area is 147 Å². The number of ether oxygens (including phenoxy) is 1. The van der Waals surface area contributed by atoms with Crippen molar-refractivity contribution < 1.29 is 24.2 Å². The highest BCUT2D eigenvalue weighted by Crippen LogP contribution is 2.20. The molecule has 7 nitrogen and oxygen atoms in total. The third-order valence-electron chi connectivity index (χ3n) is 4.20. The van der Waals surface area contributed by atoms with Gasteiger partial charge >= 0.3 is 17.8 Å². The fraction of sp³-hybridized carbons (Fsp3) is 0.500. The monoisotopic (exact) mass is 348 g/mol. The maximum Gasteiger partial charge on any atom is 0.338 e. The summed E-state index contributed by atoms with van der Waals surface area (Å²) < 4.78 is 4.89. The number of carbonyl (C=O) groups excluding carboxylic acids is 3. The summed E-state index contributed by atoms with van der Waals surface area (Å²) in [5, 5.41) is 11.7. The molecule has 2 amide bonds. The zero-order valence-electron chi connectivity index (χ0n) is 14.4. The van der Waals surface area contributed by atoms with E-state index in [0.717, 1.165) is 19.3 Å². The van der Waals surface area contributed by atoms with Crippen molar-refractivity contribution >= 4 is 23.5 Å². The Bertz CT molecular complexity index is 612. The molecule has 1 aromatic carbocycles. The predicted octanol–water partition coefficient (Wildman–Crippen LogP) is 1.57. The van der Waals surface area contributed by atoms with Crippen LogP contribution in [0.1, 0.15) is 43.0 Å². The number of hydrogen-bond acceptors (Lipinski definition) is 5. The summed E-state index contributed by atoms with van der Waals surface area (Å²) in [4.78, 5) is 37.8. The van der Waals surface area contributed by atoms with E-state index in [4.69, 9.17) is 9.84 Å². The third kappa shape index (κ3) is 5.03. The number of hydrogen-bond donors (Lipinski definition) is 2. The van der Waals surface area contributed by atoms with E-state index in [1.807, 2.05) is 0 Å². The Morgan fingerprint density at radius 1 is 1.24 bits per heavy atom. The lowest BCUT2D eigenvalue weighted by atomic mass is 9.99. The highest BCUT2D eigenvalue weighted by Gasteiger charge is 2.30. The molecule has 1 heterocycles. The minimum atomic E-state index is -0.714. The number of aliphatic hydroxyl groups excluding tert-OH is 1. The van der Waals surface area contributed by atoms with Crippen LogP contribution >= 0.6 is 0 Å². The lowest BCUT2D eigenvalue weighted by Gasteiger charge is -2.35. The number of rotatable bonds is 5. The van der Waals surface area contributed by atoms with Crippen molar-refractivity contribution in [1.29, 1.82) is 0 Å². The summed E-state index contributed by atoms with van der Waals surface area (Å²) in [6.07, 6.45) is 3.13. The first kappa shape index (κ1) is 18.9. The molecule has 1 aliphatic rings. The molecule has 0 spiro atoms. The molecule has 136 valence electrons. The Kier molecular flexibility index (Phi) is 6.94. The minimum Gasteiger partial charge on any atom is -0.462 e. The maximum atomic E-state index is 12.4. The van der Waals surface area contributed by atoms with Crippen LogP contribution in [0.2, 0.25) is 0 Å². The second-order valence-electron chi connectivity index (χ2n) is 5.91. The average Bonchev–Trinajstić information content (AvgIpc) is 2.62. The van der Waals surface area contributed by atoms with Crippen molar-refractivity contribution in [3.63, 3.8) is 0 Å². The van der Waals surface area contributed by atoms with Crippen molar-refractivity contribution in [3.05, 3.63) is 29.8 Å². The lowest BCUT2D eigenvalue weighted by Crippen LogP contribution is -2.48. The standard InChI is InChI=1S/C18H24N2O5/c1-2-25-18(24)13-6-8-14(9-7-13)19-16(22)17(23)20-11-4-3-5-15(20)10-12-21/h6-9,15,21H,2-5,10-12H2,1H3,(H,19,22). The molecule has 0 bridgehead atoms. The smallest absolute Gasteiger partial charge is 0.338 e. The van der Waals surface area contributed by atoms with Crippen LogP contribution < -0.4 is 5.32 Å². The number of anilines is 1. The van der Waals surface area contributed by atoms with Gasteiger partial charge in [0, 0.05) is 24.9 Å². The van der Waals surface area contributed by atoms with E-state index in [-0.39, 0.29) is 19.3 Å². The number of benzene rings is 1. The summed E-state index contributed by atoms with van der Waals surface area (Å²) in [6.45, 7) is 2.53. The first-order valence-electron chi connectivity index (χ1n) is 8.56. The van der Waals surface area contributed by atoms with Gasteiger partial charge in [0.1, 0.15) is 0 Å². The van der Waals surface area contributed by atoms with Gasteiger partial charge in [0.25, 0.3) is 0 Å². The number of nitrogens with one attached hydrogen (secondary N) is 1. The summed E-state index contributed by atoms with van der Waals surface area (Å²) >= 11 is 0. The fourth-order valence-corrected chi connectivity index (χ4v) is 2.94. The first-order valence-corrected chi connectivity index (χ1v) is 8.56. The molecule has 1 saturated heterocycles. The molecule has 1 unspecified atom stereocenters. The molecule has 0 radical (unpaired) electrons. The van der Waals surface area contributed by atoms with Gasteiger partial charge in [-0.2, -0.15) is 0 Å². The number of piperidine rings is 1. The van der Waals surface area contributed by atoms with E-state index >= 15 is 0 Å². The fourth-order valence-electron chi connectivity index (χ4n) is 2.94. The normalized spacial score (nSPS) is 17.0. The van der Waals surface area contributed by atoms with E-state index < -0.39 is 17.8 Å². The quantitative estimate of drug-likeness (QED) is 0.622. The van der Waals surface area contributed by atoms with Crippen molar-refractivity contribution in [2.75, 3.05) is 25.1 Å². The highest BCUT2D eigenvalue weighted by atomic mass is 16.5. The Morgan fingerprint density at radius 3 is 2.60 bits per heavy atom. The van der Waals surface area contributed by atoms with Gasteiger partial charge in [0.15, 0.2) is 0 Å². The van der Waals surface area contributed by atoms with Crippen molar-refractivity contribution in [1.82, 2.24) is 4.90 Å². The van der Waals surface area contributed by atoms with Crippen molar-refractivity contribution in [2.24, 2.45) is 0 Å². The second kappa shape index (κ2) is 9.17. The molecule has 1 atom stereocenters. The molecular weight excluding hydrogens is 324 g/mol. The van der Waals surface area contributed by atoms with Crippen LogP contribution in [0.15, 0.2) is 24.3 Å². The summed E-state index contributed by atoms with van der Waals surface area (Å²) in [5.74, 6) is -1.74. The molecular formula is C18H24N2O5. The van der Waals surface area contributed by atoms with Crippen LogP contribution in [0, 0.1) is 0 Å². The molecule has 1 fully saturated rings. The Morgan fingerprint density at radius 2 is 1.96 bits per heavy atom. The van der Waals surface area contributed by atoms with Crippen LogP contribution in [-0.2, 0) is 14.3 Å². The first-order chi connectivity index (χ1) is 12.1. The van der Waals surface area contributed by atoms with Crippen LogP contribution in [0.3, 0.4) is 0 Å². The van der Waals surface area contributed by atoms with Gasteiger partial charge in [-0.1, -0.05) is 0 Å². The van der Waals surface area contributed by atoms with E-state index in [9.17, 15) is 14.4 Å². The van der Waals surface area contributed by atoms with Gasteiger partial charge in [0.2, 0.25) is 0 Å². The molecule has 1 aliphatic heterocycles. The molecule has 1 aromatic rings. The SMILES string of the molecule is CCOC(=O)c1ccc(NC(=O)C(=O)N2CCCCC2CCO)cc1. The molecule has 7 heteroatoms. The van der Waals surface area contributed by atoms with Crippen molar-refractivity contribution in [2.45, 2.75) is 38.6 Å². The molecule has 0 saturated carbocycles. The maximum absolute atomic E-state index is 12.4. The van der Waals surface area contributed by atoms with Crippen LogP contribution in [0.5, 0.6) is 0 Å². The van der Waals surface area contributed by atoms with Gasteiger partial charge in [0.05, 0.1) is 12.2 Å². The molecule has 0 aliphatic carbocycles. The largest absolute Gasteiger partial charge is 0.462 e. The number of amides is 2. The lowest BCUT2D eigenvalue weighted by molar-refractivity contribution is -0.146. The van der Waals surface area contributed by atoms with E-state index in [2.05, 4.69) is 5.32 Å². The molecule has 2 N–H and O–H groups in total. The average molecular weight is 348 g/mol. The number of carbonyl (C=O) groups is 3. The zero-order chi connectivity index (χ0) is 18.2. The van der Waals surface area contributed by atoms with Gasteiger partial charge in [-0.3, -0.25) is 9.59 Å². The van der Waals surface area contributed by atoms with E-state index in [1.165, 1.54) is 12.1 Å². The summed E-state index contributed by atoms with van der Waals surface area (Å²) in [7, 11) is 0. The van der Waals surface area contributed by atoms with E-state index in [0.29, 0.717) is 24.2 Å². The number of likely N-dealkylation sites (tertiary alicyclic amines) is 1. The number of esters is 1. The summed E-state index contributed by atoms with van der Waals surface area (Å²) in [6, 6.07) is 6.09. The minimum absolute atomic E-state index is 0.00854. The van der Waals surface area contributed by atoms with Crippen LogP contribution in [0.4, 0.5) is 5.69 Å². The molecule has 25 heavy (non-hydrogen) atoms. The van der Waals surface area contributed by atoms with Gasteiger partial charge < -0.3 is 20.1 Å². The van der Waals surface area contributed by atoms with Gasteiger partial charge in [-0.25, -0.2) is 4.79 Å². The molecule has 0 aromatic heterocycles.